The molecule has 142 valence electrons. The summed E-state index contributed by atoms with van der Waals surface area (Å²) in [6.07, 6.45) is 2.85. The summed E-state index contributed by atoms with van der Waals surface area (Å²) in [4.78, 5) is 28.5. The summed E-state index contributed by atoms with van der Waals surface area (Å²) in [5.41, 5.74) is 5.34. The van der Waals surface area contributed by atoms with E-state index in [0.29, 0.717) is 0 Å². The minimum atomic E-state index is 0.130. The average Bonchev–Trinajstić information content (AvgIpc) is 3.08. The average molecular weight is 365 g/mol. The zero-order valence-electron chi connectivity index (χ0n) is 16.3. The molecule has 1 aliphatic heterocycles. The van der Waals surface area contributed by atoms with Gasteiger partial charge in [0.2, 0.25) is 0 Å². The van der Waals surface area contributed by atoms with E-state index in [-0.39, 0.29) is 5.91 Å². The van der Waals surface area contributed by atoms with E-state index in [2.05, 4.69) is 33.7 Å². The summed E-state index contributed by atoms with van der Waals surface area (Å²) >= 11 is 0. The molecule has 0 atom stereocenters. The Morgan fingerprint density at radius 1 is 1.11 bits per heavy atom. The minimum absolute atomic E-state index is 0.130. The fourth-order valence-corrected chi connectivity index (χ4v) is 3.87. The van der Waals surface area contributed by atoms with Crippen LogP contribution in [-0.2, 0) is 6.54 Å². The second kappa shape index (κ2) is 7.19. The number of benzene rings is 1. The molecule has 2 N–H and O–H groups in total. The second-order valence-corrected chi connectivity index (χ2v) is 7.57. The van der Waals surface area contributed by atoms with Crippen LogP contribution in [0.4, 0.5) is 0 Å². The van der Waals surface area contributed by atoms with Gasteiger partial charge in [-0.2, -0.15) is 0 Å². The van der Waals surface area contributed by atoms with Crippen molar-refractivity contribution in [3.05, 3.63) is 52.7 Å². The molecule has 1 amide bonds. The van der Waals surface area contributed by atoms with Crippen molar-refractivity contribution < 1.29 is 4.79 Å². The van der Waals surface area contributed by atoms with E-state index in [1.165, 1.54) is 5.56 Å². The van der Waals surface area contributed by atoms with Gasteiger partial charge in [0, 0.05) is 60.2 Å². The molecule has 6 nitrogen and oxygen atoms in total. The van der Waals surface area contributed by atoms with E-state index < -0.39 is 0 Å². The van der Waals surface area contributed by atoms with Gasteiger partial charge in [-0.25, -0.2) is 4.98 Å². The van der Waals surface area contributed by atoms with Crippen LogP contribution in [0.15, 0.2) is 24.4 Å². The van der Waals surface area contributed by atoms with Crippen LogP contribution in [0.1, 0.15) is 39.6 Å². The molecule has 0 bridgehead atoms. The summed E-state index contributed by atoms with van der Waals surface area (Å²) in [7, 11) is 0. The molecular formula is C21H27N5O. The Balaban J connectivity index is 1.45. The molecule has 1 saturated heterocycles. The lowest BCUT2D eigenvalue weighted by molar-refractivity contribution is 0.0761. The van der Waals surface area contributed by atoms with Crippen molar-refractivity contribution in [2.45, 2.75) is 33.7 Å². The highest BCUT2D eigenvalue weighted by Gasteiger charge is 2.21. The van der Waals surface area contributed by atoms with Gasteiger partial charge in [-0.3, -0.25) is 9.69 Å². The van der Waals surface area contributed by atoms with Gasteiger partial charge in [-0.05, 0) is 51.0 Å². The molecule has 1 aliphatic rings. The van der Waals surface area contributed by atoms with Gasteiger partial charge in [0.05, 0.1) is 6.54 Å². The molecule has 0 spiro atoms. The molecule has 1 fully saturated rings. The highest BCUT2D eigenvalue weighted by atomic mass is 16.2. The van der Waals surface area contributed by atoms with Crippen LogP contribution < -0.4 is 0 Å². The summed E-state index contributed by atoms with van der Waals surface area (Å²) in [5, 5.41) is 1.14. The monoisotopic (exact) mass is 365 g/mol. The first-order valence-corrected chi connectivity index (χ1v) is 9.62. The maximum absolute atomic E-state index is 13.1. The first-order valence-electron chi connectivity index (χ1n) is 9.62. The van der Waals surface area contributed by atoms with Crippen molar-refractivity contribution in [1.82, 2.24) is 24.8 Å². The smallest absolute Gasteiger partial charge is 0.253 e. The lowest BCUT2D eigenvalue weighted by atomic mass is 10.1. The Labute approximate surface area is 159 Å². The van der Waals surface area contributed by atoms with Crippen LogP contribution in [0.3, 0.4) is 0 Å². The Kier molecular flexibility index (Phi) is 4.74. The van der Waals surface area contributed by atoms with Crippen molar-refractivity contribution in [1.29, 1.82) is 0 Å². The number of imidazole rings is 1. The first-order chi connectivity index (χ1) is 13.0. The lowest BCUT2D eigenvalue weighted by Gasteiger charge is -2.21. The van der Waals surface area contributed by atoms with Crippen LogP contribution in [0.5, 0.6) is 0 Å². The van der Waals surface area contributed by atoms with Crippen molar-refractivity contribution in [3.8, 4) is 0 Å². The molecule has 0 saturated carbocycles. The number of nitrogens with zero attached hydrogens (tertiary/aromatic N) is 3. The highest BCUT2D eigenvalue weighted by molar-refractivity contribution is 5.99. The van der Waals surface area contributed by atoms with Gasteiger partial charge in [0.25, 0.3) is 5.91 Å². The number of amides is 1. The topological polar surface area (TPSA) is 68.0 Å². The van der Waals surface area contributed by atoms with Crippen molar-refractivity contribution >= 4 is 16.8 Å². The summed E-state index contributed by atoms with van der Waals surface area (Å²) < 4.78 is 0. The number of hydrogen-bond acceptors (Lipinski definition) is 3. The Morgan fingerprint density at radius 3 is 2.74 bits per heavy atom. The number of carbonyl (C=O) groups is 1. The van der Waals surface area contributed by atoms with Crippen LogP contribution in [0, 0.1) is 20.8 Å². The third-order valence-electron chi connectivity index (χ3n) is 5.56. The third kappa shape index (κ3) is 3.62. The molecule has 0 unspecified atom stereocenters. The number of fused-ring (bicyclic) bond motifs is 1. The molecule has 3 heterocycles. The van der Waals surface area contributed by atoms with E-state index in [1.54, 1.807) is 0 Å². The summed E-state index contributed by atoms with van der Waals surface area (Å²) in [6, 6.07) is 5.99. The number of carbonyl (C=O) groups excluding carboxylic acids is 1. The Morgan fingerprint density at radius 2 is 1.96 bits per heavy atom. The van der Waals surface area contributed by atoms with E-state index in [9.17, 15) is 4.79 Å². The summed E-state index contributed by atoms with van der Waals surface area (Å²) in [6.45, 7) is 10.4. The predicted octanol–water partition coefficient (Wildman–Crippen LogP) is 3.16. The van der Waals surface area contributed by atoms with Crippen LogP contribution in [0.2, 0.25) is 0 Å². The van der Waals surface area contributed by atoms with Crippen LogP contribution in [-0.4, -0.2) is 56.8 Å². The fourth-order valence-electron chi connectivity index (χ4n) is 3.87. The molecule has 6 heteroatoms. The lowest BCUT2D eigenvalue weighted by Crippen LogP contribution is -2.35. The van der Waals surface area contributed by atoms with E-state index >= 15 is 0 Å². The van der Waals surface area contributed by atoms with Crippen molar-refractivity contribution in [2.24, 2.45) is 0 Å². The maximum atomic E-state index is 13.1. The quantitative estimate of drug-likeness (QED) is 0.749. The number of hydrogen-bond donors (Lipinski definition) is 2. The van der Waals surface area contributed by atoms with E-state index in [0.717, 1.165) is 72.8 Å². The second-order valence-electron chi connectivity index (χ2n) is 7.57. The van der Waals surface area contributed by atoms with Gasteiger partial charge in [-0.1, -0.05) is 0 Å². The fraction of sp³-hybridized carbons (Fsp3) is 0.429. The molecular weight excluding hydrogens is 338 g/mol. The van der Waals surface area contributed by atoms with Gasteiger partial charge >= 0.3 is 0 Å². The van der Waals surface area contributed by atoms with Crippen LogP contribution in [0.25, 0.3) is 10.9 Å². The molecule has 27 heavy (non-hydrogen) atoms. The largest absolute Gasteiger partial charge is 0.358 e. The van der Waals surface area contributed by atoms with Gasteiger partial charge in [0.1, 0.15) is 5.82 Å². The van der Waals surface area contributed by atoms with Gasteiger partial charge in [0.15, 0.2) is 0 Å². The van der Waals surface area contributed by atoms with E-state index in [4.69, 9.17) is 0 Å². The normalized spacial score (nSPS) is 16.0. The number of aryl methyl sites for hydroxylation is 3. The van der Waals surface area contributed by atoms with Crippen molar-refractivity contribution in [2.75, 3.05) is 26.2 Å². The molecule has 3 aromatic rings. The standard InChI is InChI=1S/C21H27N5O/c1-14-12-22-20(23-14)13-25-7-4-8-26(10-9-25)21(27)17-5-6-19-18(11-17)15(2)16(3)24-19/h5-6,11-12,24H,4,7-10,13H2,1-3H3,(H,22,23). The zero-order chi connectivity index (χ0) is 19.0. The number of H-pyrrole nitrogens is 2. The Bertz CT molecular complexity index is 970. The number of rotatable bonds is 3. The number of aromatic nitrogens is 3. The molecule has 0 aliphatic carbocycles. The Hall–Kier alpha value is -2.60. The number of aromatic amines is 2. The van der Waals surface area contributed by atoms with Gasteiger partial charge in [-0.15, -0.1) is 0 Å². The van der Waals surface area contributed by atoms with Crippen molar-refractivity contribution in [3.63, 3.8) is 0 Å². The molecule has 4 rings (SSSR count). The molecule has 0 radical (unpaired) electrons. The third-order valence-corrected chi connectivity index (χ3v) is 5.56. The first kappa shape index (κ1) is 17.8. The minimum Gasteiger partial charge on any atom is -0.358 e. The highest BCUT2D eigenvalue weighted by Crippen LogP contribution is 2.23. The van der Waals surface area contributed by atoms with Crippen LogP contribution >= 0.6 is 0 Å². The number of nitrogens with one attached hydrogen (secondary N) is 2. The van der Waals surface area contributed by atoms with E-state index in [1.807, 2.05) is 36.2 Å². The summed E-state index contributed by atoms with van der Waals surface area (Å²) in [5.74, 6) is 1.13. The maximum Gasteiger partial charge on any atom is 0.253 e. The predicted molar refractivity (Wildman–Crippen MR) is 107 cm³/mol. The van der Waals surface area contributed by atoms with Gasteiger partial charge < -0.3 is 14.9 Å². The molecule has 1 aromatic carbocycles. The SMILES string of the molecule is Cc1cnc(CN2CCCN(C(=O)c3ccc4[nH]c(C)c(C)c4c3)CC2)[nH]1. The molecule has 2 aromatic heterocycles. The zero-order valence-corrected chi connectivity index (χ0v) is 16.3.